The molecule has 6 aliphatic carbocycles. The molecule has 1 unspecified atom stereocenters. The largest absolute Gasteiger partial charge is 0.390 e. The third-order valence-electron chi connectivity index (χ3n) is 8.15. The first-order valence-corrected chi connectivity index (χ1v) is 9.38. The minimum atomic E-state index is -0.409. The maximum Gasteiger partial charge on any atom is 0.0659 e. The number of nitrogens with zero attached hydrogens (tertiary/aromatic N) is 1. The Bertz CT molecular complexity index is 524. The van der Waals surface area contributed by atoms with Crippen molar-refractivity contribution in [3.05, 3.63) is 0 Å². The number of rotatable bonds is 3. The van der Waals surface area contributed by atoms with Crippen molar-refractivity contribution in [1.29, 1.82) is 5.26 Å². The first-order chi connectivity index (χ1) is 10.5. The van der Waals surface area contributed by atoms with Crippen LogP contribution in [0.2, 0.25) is 0 Å². The van der Waals surface area contributed by atoms with Gasteiger partial charge in [0.05, 0.1) is 11.7 Å². The van der Waals surface area contributed by atoms with Gasteiger partial charge in [0.25, 0.3) is 0 Å². The molecule has 6 aliphatic rings. The van der Waals surface area contributed by atoms with Crippen LogP contribution in [0, 0.1) is 52.3 Å². The van der Waals surface area contributed by atoms with Crippen LogP contribution in [-0.4, -0.2) is 16.7 Å². The van der Waals surface area contributed by atoms with Crippen LogP contribution in [0.3, 0.4) is 0 Å². The first-order valence-electron chi connectivity index (χ1n) is 9.38. The summed E-state index contributed by atoms with van der Waals surface area (Å²) in [5.74, 6) is 3.86. The van der Waals surface area contributed by atoms with Gasteiger partial charge in [0.15, 0.2) is 0 Å². The predicted octanol–water partition coefficient (Wildman–Crippen LogP) is 2.83. The molecule has 0 aliphatic heterocycles. The molecule has 0 aromatic carbocycles. The molecule has 3 nitrogen and oxygen atoms in total. The molecule has 0 aromatic rings. The van der Waals surface area contributed by atoms with E-state index >= 15 is 0 Å². The van der Waals surface area contributed by atoms with Crippen molar-refractivity contribution >= 4 is 0 Å². The van der Waals surface area contributed by atoms with Gasteiger partial charge in [-0.05, 0) is 92.8 Å². The second kappa shape index (κ2) is 4.28. The van der Waals surface area contributed by atoms with E-state index in [-0.39, 0.29) is 17.4 Å². The summed E-state index contributed by atoms with van der Waals surface area (Å²) in [6, 6.07) is 2.76. The van der Waals surface area contributed by atoms with Crippen LogP contribution in [0.4, 0.5) is 0 Å². The zero-order valence-corrected chi connectivity index (χ0v) is 13.4. The van der Waals surface area contributed by atoms with E-state index in [4.69, 9.17) is 5.73 Å². The van der Waals surface area contributed by atoms with Gasteiger partial charge in [-0.15, -0.1) is 0 Å². The van der Waals surface area contributed by atoms with Gasteiger partial charge in [0.1, 0.15) is 0 Å². The van der Waals surface area contributed by atoms with Crippen molar-refractivity contribution < 1.29 is 5.11 Å². The number of aliphatic hydroxyl groups is 1. The monoisotopic (exact) mass is 300 g/mol. The molecule has 9 atom stereocenters. The molecule has 6 fully saturated rings. The third kappa shape index (κ3) is 1.86. The molecule has 0 radical (unpaired) electrons. The molecule has 0 amide bonds. The quantitative estimate of drug-likeness (QED) is 0.842. The fraction of sp³-hybridized carbons (Fsp3) is 0.947. The van der Waals surface area contributed by atoms with E-state index in [1.54, 1.807) is 0 Å². The van der Waals surface area contributed by atoms with Gasteiger partial charge in [-0.25, -0.2) is 0 Å². The van der Waals surface area contributed by atoms with E-state index in [2.05, 4.69) is 6.07 Å². The van der Waals surface area contributed by atoms with E-state index in [9.17, 15) is 10.4 Å². The maximum atomic E-state index is 10.9. The highest BCUT2D eigenvalue weighted by atomic mass is 16.3. The lowest BCUT2D eigenvalue weighted by Gasteiger charge is -2.62. The van der Waals surface area contributed by atoms with Gasteiger partial charge in [-0.3, -0.25) is 0 Å². The van der Waals surface area contributed by atoms with Gasteiger partial charge in [-0.1, -0.05) is 0 Å². The Hall–Kier alpha value is -0.590. The molecule has 3 heteroatoms. The molecule has 0 aromatic heterocycles. The molecule has 22 heavy (non-hydrogen) atoms. The zero-order chi connectivity index (χ0) is 15.1. The Morgan fingerprint density at radius 1 is 1.14 bits per heavy atom. The number of fused-ring (bicyclic) bond motifs is 1. The average Bonchev–Trinajstić information content (AvgIpc) is 3.11. The van der Waals surface area contributed by atoms with Crippen molar-refractivity contribution in [2.24, 2.45) is 46.7 Å². The summed E-state index contributed by atoms with van der Waals surface area (Å²) in [5.41, 5.74) is 6.57. The Morgan fingerprint density at radius 2 is 1.86 bits per heavy atom. The maximum absolute atomic E-state index is 10.9. The third-order valence-corrected chi connectivity index (χ3v) is 8.15. The molecule has 0 saturated heterocycles. The zero-order valence-electron chi connectivity index (χ0n) is 13.4. The van der Waals surface area contributed by atoms with Gasteiger partial charge in [-0.2, -0.15) is 5.26 Å². The Morgan fingerprint density at radius 3 is 2.50 bits per heavy atom. The molecule has 6 rings (SSSR count). The average molecular weight is 300 g/mol. The van der Waals surface area contributed by atoms with Crippen molar-refractivity contribution in [2.75, 3.05) is 0 Å². The summed E-state index contributed by atoms with van der Waals surface area (Å²) >= 11 is 0. The SMILES string of the molecule is N#C[C@@H]1C[C@@H]2C[C@@H]2C1C[C@@H](N)[C@@]12C[C@@H]3C[C@@H](C[C@@](O)(C3)C1)C2. The van der Waals surface area contributed by atoms with Crippen LogP contribution in [0.5, 0.6) is 0 Å². The summed E-state index contributed by atoms with van der Waals surface area (Å²) < 4.78 is 0. The van der Waals surface area contributed by atoms with Crippen LogP contribution in [-0.2, 0) is 0 Å². The number of hydrogen-bond donors (Lipinski definition) is 2. The molecule has 3 N–H and O–H groups in total. The predicted molar refractivity (Wildman–Crippen MR) is 83.5 cm³/mol. The summed E-state index contributed by atoms with van der Waals surface area (Å²) in [7, 11) is 0. The van der Waals surface area contributed by atoms with Crippen LogP contribution in [0.25, 0.3) is 0 Å². The standard InChI is InChI=1S/C19H28N2O/c20-9-14-2-13-3-15(13)16(14)4-17(21)18-5-11-1-12(6-18)8-19(22,7-11)10-18/h11-17,22H,1-8,10,21H2/t11-,12+,13-,14+,15+,16?,17-,18+,19-/m1/s1. The van der Waals surface area contributed by atoms with Crippen molar-refractivity contribution in [2.45, 2.75) is 69.4 Å². The van der Waals surface area contributed by atoms with Crippen LogP contribution in [0.15, 0.2) is 0 Å². The van der Waals surface area contributed by atoms with E-state index in [1.165, 1.54) is 25.7 Å². The van der Waals surface area contributed by atoms with Crippen molar-refractivity contribution in [3.63, 3.8) is 0 Å². The number of nitrogens with two attached hydrogens (primary N) is 1. The number of hydrogen-bond acceptors (Lipinski definition) is 3. The van der Waals surface area contributed by atoms with E-state index in [1.807, 2.05) is 0 Å². The molecule has 0 heterocycles. The van der Waals surface area contributed by atoms with Crippen molar-refractivity contribution in [1.82, 2.24) is 0 Å². The Kier molecular flexibility index (Phi) is 2.68. The second-order valence-corrected chi connectivity index (χ2v) is 9.68. The Labute approximate surface area is 133 Å². The summed E-state index contributed by atoms with van der Waals surface area (Å²) in [6.45, 7) is 0. The normalized spacial score (nSPS) is 59.1. The lowest BCUT2D eigenvalue weighted by molar-refractivity contribution is -0.172. The first kappa shape index (κ1) is 13.8. The minimum absolute atomic E-state index is 0.186. The highest BCUT2D eigenvalue weighted by Crippen LogP contribution is 2.65. The highest BCUT2D eigenvalue weighted by Gasteiger charge is 2.60. The van der Waals surface area contributed by atoms with Crippen LogP contribution in [0.1, 0.15) is 57.8 Å². The topological polar surface area (TPSA) is 70.0 Å². The highest BCUT2D eigenvalue weighted by molar-refractivity contribution is 5.14. The van der Waals surface area contributed by atoms with Crippen LogP contribution >= 0.6 is 0 Å². The smallest absolute Gasteiger partial charge is 0.0659 e. The second-order valence-electron chi connectivity index (χ2n) is 9.68. The number of nitriles is 1. The fourth-order valence-electron chi connectivity index (χ4n) is 7.61. The van der Waals surface area contributed by atoms with E-state index in [0.717, 1.165) is 43.9 Å². The summed E-state index contributed by atoms with van der Waals surface area (Å²) in [6.07, 6.45) is 10.3. The molecular formula is C19H28N2O. The van der Waals surface area contributed by atoms with Gasteiger partial charge >= 0.3 is 0 Å². The van der Waals surface area contributed by atoms with Gasteiger partial charge < -0.3 is 10.8 Å². The molecular weight excluding hydrogens is 272 g/mol. The Balaban J connectivity index is 1.37. The lowest BCUT2D eigenvalue weighted by Crippen LogP contribution is -2.61. The molecule has 4 bridgehead atoms. The van der Waals surface area contributed by atoms with E-state index in [0.29, 0.717) is 17.8 Å². The molecule has 0 spiro atoms. The van der Waals surface area contributed by atoms with Crippen LogP contribution < -0.4 is 5.73 Å². The van der Waals surface area contributed by atoms with Crippen molar-refractivity contribution in [3.8, 4) is 6.07 Å². The fourth-order valence-corrected chi connectivity index (χ4v) is 7.61. The molecule has 120 valence electrons. The molecule has 6 saturated carbocycles. The lowest BCUT2D eigenvalue weighted by atomic mass is 9.45. The van der Waals surface area contributed by atoms with E-state index < -0.39 is 5.60 Å². The minimum Gasteiger partial charge on any atom is -0.390 e. The van der Waals surface area contributed by atoms with Gasteiger partial charge in [0.2, 0.25) is 0 Å². The van der Waals surface area contributed by atoms with Gasteiger partial charge in [0, 0.05) is 12.0 Å². The summed E-state index contributed by atoms with van der Waals surface area (Å²) in [4.78, 5) is 0. The summed E-state index contributed by atoms with van der Waals surface area (Å²) in [5, 5.41) is 20.4.